The van der Waals surface area contributed by atoms with Gasteiger partial charge in [-0.1, -0.05) is 0 Å². The summed E-state index contributed by atoms with van der Waals surface area (Å²) in [5, 5.41) is 14.1. The van der Waals surface area contributed by atoms with E-state index < -0.39 is 4.92 Å². The van der Waals surface area contributed by atoms with Crippen molar-refractivity contribution in [1.82, 2.24) is 0 Å². The Morgan fingerprint density at radius 2 is 1.77 bits per heavy atom. The number of non-ortho nitro benzene ring substituents is 1. The largest absolute Gasteiger partial charge is 0.371 e. The molecule has 0 unspecified atom stereocenters. The van der Waals surface area contributed by atoms with Crippen LogP contribution >= 0.6 is 0 Å². The molecule has 2 aliphatic rings. The lowest BCUT2D eigenvalue weighted by molar-refractivity contribution is -0.384. The third-order valence-electron chi connectivity index (χ3n) is 5.70. The molecule has 156 valence electrons. The molecule has 1 N–H and O–H groups in total. The Kier molecular flexibility index (Phi) is 5.39. The van der Waals surface area contributed by atoms with E-state index in [0.29, 0.717) is 29.9 Å². The number of carbonyl (C=O) groups excluding carboxylic acids is 2. The number of nitro groups is 1. The maximum Gasteiger partial charge on any atom is 0.270 e. The number of aryl methyl sites for hydroxylation is 1. The molecule has 2 aliphatic heterocycles. The predicted octanol–water partition coefficient (Wildman–Crippen LogP) is 3.88. The Hall–Kier alpha value is -3.42. The number of anilines is 3. The van der Waals surface area contributed by atoms with Crippen molar-refractivity contribution in [3.8, 4) is 0 Å². The van der Waals surface area contributed by atoms with Crippen molar-refractivity contribution in [2.24, 2.45) is 0 Å². The molecule has 0 aromatic heterocycles. The third kappa shape index (κ3) is 3.85. The zero-order valence-corrected chi connectivity index (χ0v) is 16.9. The van der Waals surface area contributed by atoms with Crippen molar-refractivity contribution < 1.29 is 14.5 Å². The smallest absolute Gasteiger partial charge is 0.270 e. The summed E-state index contributed by atoms with van der Waals surface area (Å²) in [5.74, 6) is -0.272. The molecule has 0 saturated carbocycles. The van der Waals surface area contributed by atoms with Gasteiger partial charge in [-0.2, -0.15) is 0 Å². The zero-order valence-electron chi connectivity index (χ0n) is 16.9. The van der Waals surface area contributed by atoms with E-state index in [0.717, 1.165) is 43.6 Å². The topological polar surface area (TPSA) is 95.8 Å². The third-order valence-corrected chi connectivity index (χ3v) is 5.70. The first kappa shape index (κ1) is 19.9. The number of benzene rings is 2. The van der Waals surface area contributed by atoms with Crippen LogP contribution in [0.4, 0.5) is 22.7 Å². The van der Waals surface area contributed by atoms with E-state index in [-0.39, 0.29) is 17.5 Å². The minimum Gasteiger partial charge on any atom is -0.371 e. The second-order valence-corrected chi connectivity index (χ2v) is 7.76. The van der Waals surface area contributed by atoms with Gasteiger partial charge in [-0.3, -0.25) is 19.7 Å². The summed E-state index contributed by atoms with van der Waals surface area (Å²) in [7, 11) is 0. The Labute approximate surface area is 174 Å². The molecular formula is C22H24N4O4. The molecule has 0 aliphatic carbocycles. The maximum absolute atomic E-state index is 13.0. The average Bonchev–Trinajstić information content (AvgIpc) is 3.39. The van der Waals surface area contributed by atoms with E-state index in [1.54, 1.807) is 17.0 Å². The minimum absolute atomic E-state index is 0.109. The lowest BCUT2D eigenvalue weighted by Gasteiger charge is -2.21. The molecule has 0 radical (unpaired) electrons. The van der Waals surface area contributed by atoms with Crippen LogP contribution in [-0.4, -0.2) is 36.4 Å². The molecule has 4 rings (SSSR count). The molecule has 2 saturated heterocycles. The fourth-order valence-electron chi connectivity index (χ4n) is 4.19. The summed E-state index contributed by atoms with van der Waals surface area (Å²) in [5.41, 5.74) is 3.23. The second kappa shape index (κ2) is 8.14. The molecule has 2 heterocycles. The van der Waals surface area contributed by atoms with Crippen LogP contribution in [0.2, 0.25) is 0 Å². The number of carbonyl (C=O) groups is 2. The standard InChI is InChI=1S/C22H24N4O4/c1-15-13-16(6-8-19(15)25-12-4-5-21(25)27)23-22(28)18-14-17(26(29)30)7-9-20(18)24-10-2-3-11-24/h6-9,13-14H,2-5,10-12H2,1H3,(H,23,28). The first-order valence-electron chi connectivity index (χ1n) is 10.2. The molecule has 2 fully saturated rings. The SMILES string of the molecule is Cc1cc(NC(=O)c2cc([N+](=O)[O-])ccc2N2CCCC2)ccc1N1CCCC1=O. The van der Waals surface area contributed by atoms with Crippen molar-refractivity contribution in [3.63, 3.8) is 0 Å². The predicted molar refractivity (Wildman–Crippen MR) is 115 cm³/mol. The van der Waals surface area contributed by atoms with Gasteiger partial charge in [0.05, 0.1) is 16.2 Å². The molecular weight excluding hydrogens is 384 g/mol. The number of amides is 2. The highest BCUT2D eigenvalue weighted by molar-refractivity contribution is 6.09. The van der Waals surface area contributed by atoms with Crippen LogP contribution in [0, 0.1) is 17.0 Å². The van der Waals surface area contributed by atoms with Gasteiger partial charge in [0.15, 0.2) is 0 Å². The van der Waals surface area contributed by atoms with Crippen LogP contribution in [0.15, 0.2) is 36.4 Å². The highest BCUT2D eigenvalue weighted by atomic mass is 16.6. The van der Waals surface area contributed by atoms with Crippen molar-refractivity contribution in [2.45, 2.75) is 32.6 Å². The Morgan fingerprint density at radius 1 is 1.03 bits per heavy atom. The summed E-state index contributed by atoms with van der Waals surface area (Å²) in [6.45, 7) is 4.27. The second-order valence-electron chi connectivity index (χ2n) is 7.76. The fourth-order valence-corrected chi connectivity index (χ4v) is 4.19. The summed E-state index contributed by atoms with van der Waals surface area (Å²) in [4.78, 5) is 39.7. The van der Waals surface area contributed by atoms with Crippen molar-refractivity contribution in [1.29, 1.82) is 0 Å². The number of rotatable bonds is 5. The molecule has 0 spiro atoms. The van der Waals surface area contributed by atoms with Crippen molar-refractivity contribution in [3.05, 3.63) is 57.6 Å². The van der Waals surface area contributed by atoms with Crippen molar-refractivity contribution in [2.75, 3.05) is 34.8 Å². The number of hydrogen-bond acceptors (Lipinski definition) is 5. The molecule has 8 nitrogen and oxygen atoms in total. The lowest BCUT2D eigenvalue weighted by atomic mass is 10.1. The number of nitro benzene ring substituents is 1. The number of nitrogens with one attached hydrogen (secondary N) is 1. The van der Waals surface area contributed by atoms with Crippen LogP contribution in [0.25, 0.3) is 0 Å². The fraction of sp³-hybridized carbons (Fsp3) is 0.364. The van der Waals surface area contributed by atoms with Crippen LogP contribution in [0.1, 0.15) is 41.6 Å². The summed E-state index contributed by atoms with van der Waals surface area (Å²) >= 11 is 0. The summed E-state index contributed by atoms with van der Waals surface area (Å²) in [6, 6.07) is 9.86. The van der Waals surface area contributed by atoms with Gasteiger partial charge in [0, 0.05) is 49.6 Å². The Morgan fingerprint density at radius 3 is 2.40 bits per heavy atom. The molecule has 2 aromatic rings. The number of hydrogen-bond donors (Lipinski definition) is 1. The highest BCUT2D eigenvalue weighted by Gasteiger charge is 2.24. The molecule has 30 heavy (non-hydrogen) atoms. The van der Waals surface area contributed by atoms with E-state index in [1.807, 2.05) is 19.1 Å². The van der Waals surface area contributed by atoms with E-state index in [1.165, 1.54) is 12.1 Å². The van der Waals surface area contributed by atoms with E-state index in [2.05, 4.69) is 10.2 Å². The monoisotopic (exact) mass is 408 g/mol. The maximum atomic E-state index is 13.0. The quantitative estimate of drug-likeness (QED) is 0.598. The summed E-state index contributed by atoms with van der Waals surface area (Å²) in [6.07, 6.45) is 3.48. The van der Waals surface area contributed by atoms with Gasteiger partial charge in [-0.15, -0.1) is 0 Å². The van der Waals surface area contributed by atoms with Gasteiger partial charge in [0.2, 0.25) is 5.91 Å². The average molecular weight is 408 g/mol. The Balaban J connectivity index is 1.60. The first-order chi connectivity index (χ1) is 14.4. The molecule has 2 amide bonds. The van der Waals surface area contributed by atoms with Crippen LogP contribution < -0.4 is 15.1 Å². The van der Waals surface area contributed by atoms with Crippen LogP contribution in [-0.2, 0) is 4.79 Å². The van der Waals surface area contributed by atoms with Gasteiger partial charge >= 0.3 is 0 Å². The number of nitrogens with zero attached hydrogens (tertiary/aromatic N) is 3. The van der Waals surface area contributed by atoms with Gasteiger partial charge in [-0.25, -0.2) is 0 Å². The highest BCUT2D eigenvalue weighted by Crippen LogP contribution is 2.31. The molecule has 0 bridgehead atoms. The molecule has 0 atom stereocenters. The van der Waals surface area contributed by atoms with Gasteiger partial charge < -0.3 is 15.1 Å². The van der Waals surface area contributed by atoms with Crippen LogP contribution in [0.3, 0.4) is 0 Å². The minimum atomic E-state index is -0.490. The normalized spacial score (nSPS) is 16.2. The van der Waals surface area contributed by atoms with E-state index in [9.17, 15) is 19.7 Å². The molecule has 8 heteroatoms. The van der Waals surface area contributed by atoms with Crippen molar-refractivity contribution >= 4 is 34.6 Å². The van der Waals surface area contributed by atoms with E-state index >= 15 is 0 Å². The van der Waals surface area contributed by atoms with E-state index in [4.69, 9.17) is 0 Å². The molecule has 2 aromatic carbocycles. The summed E-state index contributed by atoms with van der Waals surface area (Å²) < 4.78 is 0. The lowest BCUT2D eigenvalue weighted by Crippen LogP contribution is -2.25. The van der Waals surface area contributed by atoms with Crippen LogP contribution in [0.5, 0.6) is 0 Å². The zero-order chi connectivity index (χ0) is 21.3. The van der Waals surface area contributed by atoms with Gasteiger partial charge in [0.1, 0.15) is 0 Å². The van der Waals surface area contributed by atoms with Gasteiger partial charge in [-0.05, 0) is 56.0 Å². The first-order valence-corrected chi connectivity index (χ1v) is 10.2. The Bertz CT molecular complexity index is 1010. The van der Waals surface area contributed by atoms with Gasteiger partial charge in [0.25, 0.3) is 11.6 Å².